The minimum Gasteiger partial charge on any atom is -0.386 e. The van der Waals surface area contributed by atoms with E-state index in [2.05, 4.69) is 15.5 Å². The van der Waals surface area contributed by atoms with Gasteiger partial charge >= 0.3 is 0 Å². The van der Waals surface area contributed by atoms with Crippen LogP contribution in [0, 0.1) is 17.8 Å². The van der Waals surface area contributed by atoms with Crippen LogP contribution in [0.1, 0.15) is 84.3 Å². The van der Waals surface area contributed by atoms with E-state index in [0.29, 0.717) is 30.5 Å². The second-order valence-corrected chi connectivity index (χ2v) is 14.9. The zero-order chi connectivity index (χ0) is 36.7. The van der Waals surface area contributed by atoms with Gasteiger partial charge in [0, 0.05) is 33.9 Å². The Kier molecular flexibility index (Phi) is 14.2. The van der Waals surface area contributed by atoms with Crippen LogP contribution in [0.2, 0.25) is 0 Å². The molecule has 1 saturated carbocycles. The van der Waals surface area contributed by atoms with Crippen LogP contribution in [0.15, 0.2) is 30.3 Å². The first-order valence-corrected chi connectivity index (χ1v) is 18.5. The van der Waals surface area contributed by atoms with Crippen LogP contribution < -0.4 is 10.6 Å². The highest BCUT2D eigenvalue weighted by molar-refractivity contribution is 5.88. The van der Waals surface area contributed by atoms with E-state index in [0.717, 1.165) is 32.1 Å². The summed E-state index contributed by atoms with van der Waals surface area (Å²) in [4.78, 5) is 59.6. The highest BCUT2D eigenvalue weighted by atomic mass is 16.5. The van der Waals surface area contributed by atoms with E-state index in [9.17, 15) is 24.3 Å². The number of nitrogens with zero attached hydrogens (tertiary/aromatic N) is 3. The van der Waals surface area contributed by atoms with Crippen molar-refractivity contribution >= 4 is 23.6 Å². The van der Waals surface area contributed by atoms with Gasteiger partial charge in [-0.1, -0.05) is 57.5 Å². The predicted molar refractivity (Wildman–Crippen MR) is 191 cm³/mol. The predicted octanol–water partition coefficient (Wildman–Crippen LogP) is 2.74. The van der Waals surface area contributed by atoms with E-state index in [1.54, 1.807) is 44.9 Å². The van der Waals surface area contributed by atoms with Gasteiger partial charge in [-0.3, -0.25) is 24.1 Å². The van der Waals surface area contributed by atoms with Gasteiger partial charge in [-0.05, 0) is 63.5 Å². The number of likely N-dealkylation sites (tertiary alicyclic amines) is 2. The summed E-state index contributed by atoms with van der Waals surface area (Å²) in [5.41, 5.74) is 0.716. The largest absolute Gasteiger partial charge is 0.386 e. The Hall–Kier alpha value is -3.06. The van der Waals surface area contributed by atoms with E-state index in [4.69, 9.17) is 9.47 Å². The molecule has 50 heavy (non-hydrogen) atoms. The fourth-order valence-corrected chi connectivity index (χ4v) is 8.70. The molecule has 4 amide bonds. The molecule has 3 N–H and O–H groups in total. The average molecular weight is 700 g/mol. The second-order valence-electron chi connectivity index (χ2n) is 14.9. The molecule has 280 valence electrons. The first-order valence-electron chi connectivity index (χ1n) is 18.5. The van der Waals surface area contributed by atoms with Crippen LogP contribution in [0.4, 0.5) is 0 Å². The monoisotopic (exact) mass is 699 g/mol. The lowest BCUT2D eigenvalue weighted by Gasteiger charge is -2.39. The van der Waals surface area contributed by atoms with Crippen LogP contribution in [-0.4, -0.2) is 127 Å². The number of nitrogens with one attached hydrogen (secondary N) is 2. The third-order valence-corrected chi connectivity index (χ3v) is 11.9. The van der Waals surface area contributed by atoms with E-state index < -0.39 is 36.3 Å². The molecule has 2 bridgehead atoms. The Labute approximate surface area is 298 Å². The summed E-state index contributed by atoms with van der Waals surface area (Å²) in [6, 6.07) is 8.21. The number of piperidine rings is 1. The maximum absolute atomic E-state index is 14.0. The van der Waals surface area contributed by atoms with Gasteiger partial charge in [-0.2, -0.15) is 0 Å². The molecule has 2 saturated heterocycles. The standard InChI is InChI=1S/C38H61N5O7/c1-9-23(2)33(42(6)32(45)22-39-38(48)34-27-17-18-28(20-27)41(34)5)30(49-7)21-31(44)43-19-13-16-29(43)36(50-8)24(3)37(47)40-25(4)35(46)26-14-11-10-12-15-26/h10-12,14-15,23-25,27-30,33-36,46H,9,13,16-22H2,1-8H3,(H,39,48)(H,40,47). The number of amides is 4. The van der Waals surface area contributed by atoms with Gasteiger partial charge in [0.1, 0.15) is 0 Å². The van der Waals surface area contributed by atoms with Crippen LogP contribution in [-0.2, 0) is 28.7 Å². The number of carbonyl (C=O) groups excluding carboxylic acids is 4. The van der Waals surface area contributed by atoms with E-state index in [-0.39, 0.29) is 54.6 Å². The van der Waals surface area contributed by atoms with Crippen molar-refractivity contribution in [3.05, 3.63) is 35.9 Å². The molecule has 0 spiro atoms. The van der Waals surface area contributed by atoms with E-state index >= 15 is 0 Å². The topological polar surface area (TPSA) is 141 Å². The lowest BCUT2D eigenvalue weighted by molar-refractivity contribution is -0.146. The molecular weight excluding hydrogens is 638 g/mol. The van der Waals surface area contributed by atoms with E-state index in [1.165, 1.54) is 0 Å². The minimum atomic E-state index is -0.868. The normalized spacial score (nSPS) is 26.1. The van der Waals surface area contributed by atoms with Crippen LogP contribution in [0.25, 0.3) is 0 Å². The van der Waals surface area contributed by atoms with Crippen molar-refractivity contribution in [3.8, 4) is 0 Å². The summed E-state index contributed by atoms with van der Waals surface area (Å²) >= 11 is 0. The van der Waals surface area contributed by atoms with Crippen LogP contribution in [0.3, 0.4) is 0 Å². The quantitative estimate of drug-likeness (QED) is 0.226. The smallest absolute Gasteiger partial charge is 0.242 e. The molecule has 4 rings (SSSR count). The Balaban J connectivity index is 1.38. The van der Waals surface area contributed by atoms with E-state index in [1.807, 2.05) is 51.2 Å². The summed E-state index contributed by atoms with van der Waals surface area (Å²) in [7, 11) is 6.84. The van der Waals surface area contributed by atoms with Crippen LogP contribution in [0.5, 0.6) is 0 Å². The lowest BCUT2D eigenvalue weighted by Crippen LogP contribution is -2.55. The maximum atomic E-state index is 14.0. The molecule has 2 heterocycles. The number of hydrogen-bond acceptors (Lipinski definition) is 8. The number of fused-ring (bicyclic) bond motifs is 2. The second kappa shape index (κ2) is 17.9. The molecule has 1 aromatic carbocycles. The Morgan fingerprint density at radius 2 is 1.74 bits per heavy atom. The number of carbonyl (C=O) groups is 4. The van der Waals surface area contributed by atoms with Gasteiger partial charge in [-0.15, -0.1) is 0 Å². The fraction of sp³-hybridized carbons (Fsp3) is 0.737. The minimum absolute atomic E-state index is 0.0205. The number of methoxy groups -OCH3 is 2. The number of hydrogen-bond donors (Lipinski definition) is 3. The summed E-state index contributed by atoms with van der Waals surface area (Å²) in [6.45, 7) is 8.06. The summed E-state index contributed by atoms with van der Waals surface area (Å²) in [6.07, 6.45) is 3.48. The molecule has 1 aliphatic carbocycles. The van der Waals surface area contributed by atoms with Crippen molar-refractivity contribution in [2.75, 3.05) is 41.4 Å². The Morgan fingerprint density at radius 3 is 2.34 bits per heavy atom. The van der Waals surface area contributed by atoms with Gasteiger partial charge in [0.15, 0.2) is 0 Å². The summed E-state index contributed by atoms with van der Waals surface area (Å²) in [5, 5.41) is 16.6. The van der Waals surface area contributed by atoms with Crippen molar-refractivity contribution < 1.29 is 33.8 Å². The number of aliphatic hydroxyl groups is 1. The highest BCUT2D eigenvalue weighted by Gasteiger charge is 2.47. The third kappa shape index (κ3) is 8.86. The maximum Gasteiger partial charge on any atom is 0.242 e. The van der Waals surface area contributed by atoms with Gasteiger partial charge in [-0.25, -0.2) is 0 Å². The summed E-state index contributed by atoms with van der Waals surface area (Å²) in [5.74, 6) is -0.935. The van der Waals surface area contributed by atoms with Crippen LogP contribution >= 0.6 is 0 Å². The highest BCUT2D eigenvalue weighted by Crippen LogP contribution is 2.41. The molecule has 12 nitrogen and oxygen atoms in total. The first-order chi connectivity index (χ1) is 23.8. The van der Waals surface area contributed by atoms with Crippen molar-refractivity contribution in [2.45, 2.75) is 121 Å². The number of aliphatic hydroxyl groups excluding tert-OH is 1. The zero-order valence-corrected chi connectivity index (χ0v) is 31.3. The molecule has 0 aromatic heterocycles. The number of likely N-dealkylation sites (N-methyl/N-ethyl adjacent to an activating group) is 2. The Bertz CT molecular complexity index is 1300. The number of ether oxygens (including phenoxy) is 2. The SMILES string of the molecule is CCC(C)C(C(CC(=O)N1CCCC1C(OC)C(C)C(=O)NC(C)C(O)c1ccccc1)OC)N(C)C(=O)CNC(=O)C1C2CCC(C2)N1C. The third-order valence-electron chi connectivity index (χ3n) is 11.9. The molecular formula is C38H61N5O7. The molecule has 11 unspecified atom stereocenters. The number of rotatable bonds is 17. The van der Waals surface area contributed by atoms with Crippen molar-refractivity contribution in [3.63, 3.8) is 0 Å². The van der Waals surface area contributed by atoms with Gasteiger partial charge in [0.05, 0.1) is 61.4 Å². The van der Waals surface area contributed by atoms with Crippen molar-refractivity contribution in [1.82, 2.24) is 25.3 Å². The molecule has 0 radical (unpaired) electrons. The first kappa shape index (κ1) is 39.7. The Morgan fingerprint density at radius 1 is 1.04 bits per heavy atom. The molecule has 3 aliphatic rings. The van der Waals surface area contributed by atoms with Gasteiger partial charge in [0.2, 0.25) is 23.6 Å². The molecule has 11 atom stereocenters. The molecule has 12 heteroatoms. The van der Waals surface area contributed by atoms with Gasteiger partial charge in [0.25, 0.3) is 0 Å². The average Bonchev–Trinajstić information content (AvgIpc) is 3.87. The number of benzene rings is 1. The molecule has 2 aliphatic heterocycles. The van der Waals surface area contributed by atoms with Crippen molar-refractivity contribution in [2.24, 2.45) is 17.8 Å². The zero-order valence-electron chi connectivity index (χ0n) is 31.3. The van der Waals surface area contributed by atoms with Gasteiger partial charge < -0.3 is 35.0 Å². The molecule has 1 aromatic rings. The lowest BCUT2D eigenvalue weighted by atomic mass is 9.90. The van der Waals surface area contributed by atoms with Crippen molar-refractivity contribution in [1.29, 1.82) is 0 Å². The molecule has 3 fully saturated rings. The summed E-state index contributed by atoms with van der Waals surface area (Å²) < 4.78 is 11.8. The fourth-order valence-electron chi connectivity index (χ4n) is 8.70.